The lowest BCUT2D eigenvalue weighted by molar-refractivity contribution is -0.145. The van der Waals surface area contributed by atoms with Gasteiger partial charge in [-0.2, -0.15) is 10.2 Å². The third-order valence-corrected chi connectivity index (χ3v) is 3.67. The second-order valence-electron chi connectivity index (χ2n) is 5.31. The van der Waals surface area contributed by atoms with E-state index in [-0.39, 0.29) is 12.1 Å². The van der Waals surface area contributed by atoms with Gasteiger partial charge in [-0.25, -0.2) is 0 Å². The van der Waals surface area contributed by atoms with E-state index in [1.807, 2.05) is 42.5 Å². The molecule has 0 saturated carbocycles. The van der Waals surface area contributed by atoms with E-state index < -0.39 is 0 Å². The molecular formula is C17H17N3O2. The molecular weight excluding hydrogens is 278 g/mol. The highest BCUT2D eigenvalue weighted by atomic mass is 16.5. The minimum atomic E-state index is -0.274. The summed E-state index contributed by atoms with van der Waals surface area (Å²) in [6.07, 6.45) is 1.10. The Labute approximate surface area is 128 Å². The molecule has 22 heavy (non-hydrogen) atoms. The lowest BCUT2D eigenvalue weighted by Crippen LogP contribution is -2.16. The molecule has 1 aliphatic rings. The molecule has 0 aliphatic heterocycles. The second kappa shape index (κ2) is 5.97. The van der Waals surface area contributed by atoms with Crippen LogP contribution in [0.2, 0.25) is 0 Å². The summed E-state index contributed by atoms with van der Waals surface area (Å²) in [4.78, 5) is 11.1. The third-order valence-electron chi connectivity index (χ3n) is 3.67. The largest absolute Gasteiger partial charge is 0.462 e. The summed E-state index contributed by atoms with van der Waals surface area (Å²) >= 11 is 0. The van der Waals surface area contributed by atoms with Crippen molar-refractivity contribution in [3.63, 3.8) is 0 Å². The number of hydrogen-bond donors (Lipinski definition) is 1. The summed E-state index contributed by atoms with van der Waals surface area (Å²) in [6.45, 7) is 1.42. The Morgan fingerprint density at radius 1 is 1.09 bits per heavy atom. The standard InChI is InChI=1S/C17H17N3O2/c1-11(21)22-13-9-14-15(10-13)17(8-7-16(14)18)20-19-12-5-3-2-4-6-12/h2-8,13H,9-10,18H2,1H3/b20-19+. The van der Waals surface area contributed by atoms with Gasteiger partial charge in [-0.05, 0) is 35.4 Å². The van der Waals surface area contributed by atoms with E-state index in [9.17, 15) is 4.79 Å². The van der Waals surface area contributed by atoms with Gasteiger partial charge >= 0.3 is 5.97 Å². The molecule has 0 fully saturated rings. The third kappa shape index (κ3) is 2.98. The number of nitrogens with zero attached hydrogens (tertiary/aromatic N) is 2. The van der Waals surface area contributed by atoms with Crippen molar-refractivity contribution in [2.45, 2.75) is 25.9 Å². The van der Waals surface area contributed by atoms with Gasteiger partial charge in [-0.3, -0.25) is 4.79 Å². The van der Waals surface area contributed by atoms with Crippen LogP contribution in [-0.2, 0) is 22.4 Å². The molecule has 2 aromatic rings. The van der Waals surface area contributed by atoms with Crippen LogP contribution in [0.3, 0.4) is 0 Å². The van der Waals surface area contributed by atoms with Gasteiger partial charge in [0, 0.05) is 25.5 Å². The van der Waals surface area contributed by atoms with E-state index in [4.69, 9.17) is 10.5 Å². The van der Waals surface area contributed by atoms with Crippen LogP contribution in [0.5, 0.6) is 0 Å². The first kappa shape index (κ1) is 14.3. The molecule has 0 radical (unpaired) electrons. The minimum absolute atomic E-state index is 0.164. The SMILES string of the molecule is CC(=O)OC1Cc2c(N)ccc(/N=N/c3ccccc3)c2C1. The number of ether oxygens (including phenoxy) is 1. The Hall–Kier alpha value is -2.69. The van der Waals surface area contributed by atoms with Crippen molar-refractivity contribution < 1.29 is 9.53 Å². The number of nitrogen functional groups attached to an aromatic ring is 1. The lowest BCUT2D eigenvalue weighted by atomic mass is 10.1. The van der Waals surface area contributed by atoms with Gasteiger partial charge in [0.25, 0.3) is 0 Å². The highest BCUT2D eigenvalue weighted by molar-refractivity contribution is 5.68. The minimum Gasteiger partial charge on any atom is -0.462 e. The van der Waals surface area contributed by atoms with Crippen molar-refractivity contribution in [2.24, 2.45) is 10.2 Å². The van der Waals surface area contributed by atoms with Crippen molar-refractivity contribution in [3.05, 3.63) is 53.6 Å². The first-order chi connectivity index (χ1) is 10.6. The summed E-state index contributed by atoms with van der Waals surface area (Å²) in [5.74, 6) is -0.274. The summed E-state index contributed by atoms with van der Waals surface area (Å²) in [7, 11) is 0. The van der Waals surface area contributed by atoms with E-state index in [0.29, 0.717) is 18.5 Å². The number of esters is 1. The molecule has 112 valence electrons. The molecule has 1 unspecified atom stereocenters. The Morgan fingerprint density at radius 2 is 1.82 bits per heavy atom. The molecule has 0 bridgehead atoms. The van der Waals surface area contributed by atoms with Crippen molar-refractivity contribution >= 4 is 23.0 Å². The zero-order valence-electron chi connectivity index (χ0n) is 12.3. The van der Waals surface area contributed by atoms with Crippen molar-refractivity contribution in [2.75, 3.05) is 5.73 Å². The fraction of sp³-hybridized carbons (Fsp3) is 0.235. The Balaban J connectivity index is 1.88. The number of nitrogens with two attached hydrogens (primary N) is 1. The number of anilines is 1. The van der Waals surface area contributed by atoms with Crippen LogP contribution < -0.4 is 5.73 Å². The van der Waals surface area contributed by atoms with Crippen LogP contribution >= 0.6 is 0 Å². The maximum atomic E-state index is 11.1. The first-order valence-corrected chi connectivity index (χ1v) is 7.17. The second-order valence-corrected chi connectivity index (χ2v) is 5.31. The maximum Gasteiger partial charge on any atom is 0.302 e. The van der Waals surface area contributed by atoms with Crippen LogP contribution in [-0.4, -0.2) is 12.1 Å². The van der Waals surface area contributed by atoms with Crippen LogP contribution in [0, 0.1) is 0 Å². The Bertz CT molecular complexity index is 726. The average Bonchev–Trinajstić information content (AvgIpc) is 2.91. The van der Waals surface area contributed by atoms with Gasteiger partial charge in [0.05, 0.1) is 11.4 Å². The molecule has 5 nitrogen and oxygen atoms in total. The predicted octanol–water partition coefficient (Wildman–Crippen LogP) is 3.71. The van der Waals surface area contributed by atoms with Crippen LogP contribution in [0.25, 0.3) is 0 Å². The number of azo groups is 1. The van der Waals surface area contributed by atoms with Crippen molar-refractivity contribution in [1.29, 1.82) is 0 Å². The highest BCUT2D eigenvalue weighted by Crippen LogP contribution is 2.36. The fourth-order valence-corrected chi connectivity index (χ4v) is 2.71. The molecule has 0 spiro atoms. The molecule has 0 aromatic heterocycles. The lowest BCUT2D eigenvalue weighted by Gasteiger charge is -2.08. The van der Waals surface area contributed by atoms with Gasteiger partial charge < -0.3 is 10.5 Å². The van der Waals surface area contributed by atoms with Gasteiger partial charge in [0.1, 0.15) is 6.10 Å². The molecule has 2 aromatic carbocycles. The molecule has 0 saturated heterocycles. The summed E-state index contributed by atoms with van der Waals surface area (Å²) in [5, 5.41) is 8.58. The topological polar surface area (TPSA) is 77.0 Å². The van der Waals surface area contributed by atoms with Crippen LogP contribution in [0.1, 0.15) is 18.1 Å². The molecule has 1 aliphatic carbocycles. The van der Waals surface area contributed by atoms with Crippen LogP contribution in [0.4, 0.5) is 17.1 Å². The number of rotatable bonds is 3. The Morgan fingerprint density at radius 3 is 2.55 bits per heavy atom. The van der Waals surface area contributed by atoms with Crippen LogP contribution in [0.15, 0.2) is 52.7 Å². The van der Waals surface area contributed by atoms with Gasteiger partial charge in [-0.1, -0.05) is 18.2 Å². The fourth-order valence-electron chi connectivity index (χ4n) is 2.71. The molecule has 1 atom stereocenters. The van der Waals surface area contributed by atoms with E-state index in [2.05, 4.69) is 10.2 Å². The molecule has 3 rings (SSSR count). The number of carbonyl (C=O) groups excluding carboxylic acids is 1. The van der Waals surface area contributed by atoms with E-state index in [1.54, 1.807) is 0 Å². The average molecular weight is 295 g/mol. The first-order valence-electron chi connectivity index (χ1n) is 7.17. The number of hydrogen-bond acceptors (Lipinski definition) is 5. The number of benzene rings is 2. The summed E-state index contributed by atoms with van der Waals surface area (Å²) in [6, 6.07) is 13.2. The molecule has 5 heteroatoms. The smallest absolute Gasteiger partial charge is 0.302 e. The van der Waals surface area contributed by atoms with E-state index >= 15 is 0 Å². The summed E-state index contributed by atoms with van der Waals surface area (Å²) in [5.41, 5.74) is 10.3. The quantitative estimate of drug-likeness (QED) is 0.532. The van der Waals surface area contributed by atoms with Crippen molar-refractivity contribution in [3.8, 4) is 0 Å². The predicted molar refractivity (Wildman–Crippen MR) is 84.4 cm³/mol. The molecule has 0 amide bonds. The number of carbonyl (C=O) groups is 1. The molecule has 2 N–H and O–H groups in total. The van der Waals surface area contributed by atoms with E-state index in [1.165, 1.54) is 6.92 Å². The molecule has 0 heterocycles. The van der Waals surface area contributed by atoms with Gasteiger partial charge in [-0.15, -0.1) is 0 Å². The highest BCUT2D eigenvalue weighted by Gasteiger charge is 2.28. The monoisotopic (exact) mass is 295 g/mol. The van der Waals surface area contributed by atoms with Gasteiger partial charge in [0.15, 0.2) is 0 Å². The summed E-state index contributed by atoms with van der Waals surface area (Å²) < 4.78 is 5.30. The zero-order valence-corrected chi connectivity index (χ0v) is 12.3. The normalized spacial score (nSPS) is 16.7. The Kier molecular flexibility index (Phi) is 3.87. The zero-order chi connectivity index (χ0) is 15.5. The van der Waals surface area contributed by atoms with Crippen molar-refractivity contribution in [1.82, 2.24) is 0 Å². The number of fused-ring (bicyclic) bond motifs is 1. The van der Waals surface area contributed by atoms with Gasteiger partial charge in [0.2, 0.25) is 0 Å². The van der Waals surface area contributed by atoms with E-state index in [0.717, 1.165) is 22.5 Å². The maximum absolute atomic E-state index is 11.1.